The highest BCUT2D eigenvalue weighted by atomic mass is 32.2. The molecule has 0 saturated carbocycles. The average Bonchev–Trinajstić information content (AvgIpc) is 2.05. The molecule has 0 bridgehead atoms. The zero-order chi connectivity index (χ0) is 9.78. The van der Waals surface area contributed by atoms with E-state index in [1.807, 2.05) is 0 Å². The summed E-state index contributed by atoms with van der Waals surface area (Å²) in [6.45, 7) is 2.28. The van der Waals surface area contributed by atoms with E-state index in [-0.39, 0.29) is 11.5 Å². The van der Waals surface area contributed by atoms with Crippen LogP contribution in [0.25, 0.3) is 0 Å². The van der Waals surface area contributed by atoms with E-state index in [0.29, 0.717) is 0 Å². The van der Waals surface area contributed by atoms with Gasteiger partial charge in [0, 0.05) is 5.75 Å². The average molecular weight is 195 g/mol. The third-order valence-corrected chi connectivity index (χ3v) is 3.79. The summed E-state index contributed by atoms with van der Waals surface area (Å²) in [5, 5.41) is 18.7. The van der Waals surface area contributed by atoms with Crippen molar-refractivity contribution >= 4 is 15.5 Å². The van der Waals surface area contributed by atoms with Crippen molar-refractivity contribution in [2.45, 2.75) is 19.1 Å². The van der Waals surface area contributed by atoms with E-state index in [1.165, 1.54) is 13.8 Å². The SMILES string of the molecule is CCS(=O)(=O)C(CO)C(C)=NO. The normalized spacial score (nSPS) is 16.1. The summed E-state index contributed by atoms with van der Waals surface area (Å²) in [6, 6.07) is 0. The van der Waals surface area contributed by atoms with Gasteiger partial charge in [-0.3, -0.25) is 0 Å². The number of aliphatic hydroxyl groups excluding tert-OH is 1. The quantitative estimate of drug-likeness (QED) is 0.364. The summed E-state index contributed by atoms with van der Waals surface area (Å²) in [4.78, 5) is 0. The lowest BCUT2D eigenvalue weighted by molar-refractivity contribution is 0.295. The summed E-state index contributed by atoms with van der Waals surface area (Å²) in [7, 11) is -3.36. The lowest BCUT2D eigenvalue weighted by atomic mass is 10.3. The van der Waals surface area contributed by atoms with Crippen LogP contribution in [0.3, 0.4) is 0 Å². The number of sulfone groups is 1. The number of hydrogen-bond donors (Lipinski definition) is 2. The van der Waals surface area contributed by atoms with Crippen LogP contribution in [-0.2, 0) is 9.84 Å². The number of oxime groups is 1. The van der Waals surface area contributed by atoms with Crippen molar-refractivity contribution in [3.8, 4) is 0 Å². The Kier molecular flexibility index (Phi) is 4.19. The predicted molar refractivity (Wildman–Crippen MR) is 45.2 cm³/mol. The van der Waals surface area contributed by atoms with E-state index in [1.54, 1.807) is 0 Å². The summed E-state index contributed by atoms with van der Waals surface area (Å²) in [5.74, 6) is -0.0783. The maximum Gasteiger partial charge on any atom is 0.160 e. The van der Waals surface area contributed by atoms with Crippen molar-refractivity contribution in [3.05, 3.63) is 0 Å². The molecular weight excluding hydrogens is 182 g/mol. The molecule has 0 fully saturated rings. The lowest BCUT2D eigenvalue weighted by Crippen LogP contribution is -2.33. The van der Waals surface area contributed by atoms with Crippen LogP contribution in [-0.4, -0.2) is 42.1 Å². The Hall–Kier alpha value is -0.620. The number of aliphatic hydroxyl groups is 1. The molecule has 6 heteroatoms. The van der Waals surface area contributed by atoms with Gasteiger partial charge in [-0.15, -0.1) is 0 Å². The van der Waals surface area contributed by atoms with Gasteiger partial charge in [-0.25, -0.2) is 8.42 Å². The molecule has 0 radical (unpaired) electrons. The van der Waals surface area contributed by atoms with E-state index in [0.717, 1.165) is 0 Å². The molecule has 0 rings (SSSR count). The van der Waals surface area contributed by atoms with Gasteiger partial charge in [-0.05, 0) is 6.92 Å². The number of rotatable bonds is 4. The van der Waals surface area contributed by atoms with Crippen LogP contribution >= 0.6 is 0 Å². The molecule has 0 aromatic carbocycles. The van der Waals surface area contributed by atoms with E-state index in [4.69, 9.17) is 10.3 Å². The minimum Gasteiger partial charge on any atom is -0.411 e. The molecule has 0 aliphatic carbocycles. The summed E-state index contributed by atoms with van der Waals surface area (Å²) in [6.07, 6.45) is 0. The highest BCUT2D eigenvalue weighted by molar-refractivity contribution is 7.92. The van der Waals surface area contributed by atoms with Crippen LogP contribution in [0.4, 0.5) is 0 Å². The molecule has 0 aromatic heterocycles. The van der Waals surface area contributed by atoms with Crippen LogP contribution in [0.5, 0.6) is 0 Å². The van der Waals surface area contributed by atoms with E-state index in [9.17, 15) is 8.42 Å². The van der Waals surface area contributed by atoms with Gasteiger partial charge in [-0.2, -0.15) is 0 Å². The van der Waals surface area contributed by atoms with Crippen molar-refractivity contribution < 1.29 is 18.7 Å². The molecule has 0 saturated heterocycles. The van der Waals surface area contributed by atoms with Crippen molar-refractivity contribution in [1.29, 1.82) is 0 Å². The second-order valence-electron chi connectivity index (χ2n) is 2.36. The van der Waals surface area contributed by atoms with Crippen LogP contribution in [0.15, 0.2) is 5.16 Å². The second-order valence-corrected chi connectivity index (χ2v) is 4.84. The maximum absolute atomic E-state index is 11.2. The van der Waals surface area contributed by atoms with Gasteiger partial charge >= 0.3 is 0 Å². The molecular formula is C6H13NO4S. The first-order valence-corrected chi connectivity index (χ1v) is 5.22. The van der Waals surface area contributed by atoms with Crippen molar-refractivity contribution in [1.82, 2.24) is 0 Å². The smallest absolute Gasteiger partial charge is 0.160 e. The zero-order valence-electron chi connectivity index (χ0n) is 7.06. The monoisotopic (exact) mass is 195 g/mol. The molecule has 1 unspecified atom stereocenters. The van der Waals surface area contributed by atoms with Crippen molar-refractivity contribution in [3.63, 3.8) is 0 Å². The maximum atomic E-state index is 11.2. The van der Waals surface area contributed by atoms with Gasteiger partial charge in [0.1, 0.15) is 5.25 Å². The number of nitrogens with zero attached hydrogens (tertiary/aromatic N) is 1. The van der Waals surface area contributed by atoms with Crippen molar-refractivity contribution in [2.24, 2.45) is 5.16 Å². The zero-order valence-corrected chi connectivity index (χ0v) is 7.87. The standard InChI is InChI=1S/C6H13NO4S/c1-3-12(10,11)6(4-8)5(2)7-9/h6,8-9H,3-4H2,1-2H3. The Bertz CT molecular complexity index is 257. The fourth-order valence-corrected chi connectivity index (χ4v) is 1.97. The minimum atomic E-state index is -3.36. The molecule has 2 N–H and O–H groups in total. The number of hydrogen-bond acceptors (Lipinski definition) is 5. The van der Waals surface area contributed by atoms with Gasteiger partial charge in [-0.1, -0.05) is 12.1 Å². The van der Waals surface area contributed by atoms with E-state index < -0.39 is 21.7 Å². The Balaban J connectivity index is 4.81. The van der Waals surface area contributed by atoms with Gasteiger partial charge in [0.15, 0.2) is 9.84 Å². The van der Waals surface area contributed by atoms with E-state index >= 15 is 0 Å². The highest BCUT2D eigenvalue weighted by Crippen LogP contribution is 2.04. The third-order valence-electron chi connectivity index (χ3n) is 1.63. The Morgan fingerprint density at radius 2 is 2.08 bits per heavy atom. The molecule has 0 heterocycles. The Labute approximate surface area is 71.6 Å². The van der Waals surface area contributed by atoms with Crippen molar-refractivity contribution in [2.75, 3.05) is 12.4 Å². The molecule has 0 amide bonds. The molecule has 0 aromatic rings. The molecule has 12 heavy (non-hydrogen) atoms. The highest BCUT2D eigenvalue weighted by Gasteiger charge is 2.25. The first-order valence-electron chi connectivity index (χ1n) is 3.50. The summed E-state index contributed by atoms with van der Waals surface area (Å²) < 4.78 is 22.4. The van der Waals surface area contributed by atoms with Crippen LogP contribution in [0.2, 0.25) is 0 Å². The van der Waals surface area contributed by atoms with Crippen LogP contribution < -0.4 is 0 Å². The topological polar surface area (TPSA) is 87.0 Å². The lowest BCUT2D eigenvalue weighted by Gasteiger charge is -2.11. The van der Waals surface area contributed by atoms with Crippen LogP contribution in [0, 0.1) is 0 Å². The molecule has 0 aliphatic rings. The first kappa shape index (κ1) is 11.4. The van der Waals surface area contributed by atoms with Gasteiger partial charge in [0.05, 0.1) is 12.3 Å². The fraction of sp³-hybridized carbons (Fsp3) is 0.833. The minimum absolute atomic E-state index is 0.0133. The van der Waals surface area contributed by atoms with Crippen LogP contribution in [0.1, 0.15) is 13.8 Å². The Morgan fingerprint density at radius 1 is 1.58 bits per heavy atom. The molecule has 1 atom stereocenters. The first-order chi connectivity index (χ1) is 5.49. The van der Waals surface area contributed by atoms with Gasteiger partial charge < -0.3 is 10.3 Å². The third kappa shape index (κ3) is 2.46. The Morgan fingerprint density at radius 3 is 2.33 bits per heavy atom. The molecule has 0 spiro atoms. The second kappa shape index (κ2) is 4.42. The summed E-state index contributed by atoms with van der Waals surface area (Å²) >= 11 is 0. The fourth-order valence-electron chi connectivity index (χ4n) is 0.771. The van der Waals surface area contributed by atoms with Gasteiger partial charge in [0.2, 0.25) is 0 Å². The largest absolute Gasteiger partial charge is 0.411 e. The predicted octanol–water partition coefficient (Wildman–Crippen LogP) is -0.368. The van der Waals surface area contributed by atoms with Gasteiger partial charge in [0.25, 0.3) is 0 Å². The summed E-state index contributed by atoms with van der Waals surface area (Å²) in [5.41, 5.74) is 0.0133. The molecule has 0 aliphatic heterocycles. The van der Waals surface area contributed by atoms with E-state index in [2.05, 4.69) is 5.16 Å². The molecule has 72 valence electrons. The molecule has 5 nitrogen and oxygen atoms in total.